The molecule has 2 aromatic carbocycles. The Kier molecular flexibility index (Phi) is 5.51. The van der Waals surface area contributed by atoms with Crippen molar-refractivity contribution < 1.29 is 4.79 Å². The Morgan fingerprint density at radius 2 is 1.72 bits per heavy atom. The van der Waals surface area contributed by atoms with Crippen LogP contribution in [-0.4, -0.2) is 40.2 Å². The Labute approximate surface area is 176 Å². The zero-order chi connectivity index (χ0) is 20.4. The van der Waals surface area contributed by atoms with Gasteiger partial charge in [0, 0.05) is 25.0 Å². The minimum absolute atomic E-state index is 0.0277. The lowest BCUT2D eigenvalue weighted by Gasteiger charge is -2.14. The summed E-state index contributed by atoms with van der Waals surface area (Å²) in [4.78, 5) is 32.7. The largest absolute Gasteiger partial charge is 0.348 e. The lowest BCUT2D eigenvalue weighted by molar-refractivity contribution is -0.125. The average Bonchev–Trinajstić information content (AvgIpc) is 3.17. The minimum atomic E-state index is -0.124. The molecule has 7 heteroatoms. The predicted octanol–water partition coefficient (Wildman–Crippen LogP) is 4.29. The molecule has 0 spiro atoms. The lowest BCUT2D eigenvalue weighted by atomic mass is 10.1. The third-order valence-corrected chi connectivity index (χ3v) is 6.30. The number of amides is 1. The fourth-order valence-corrected chi connectivity index (χ4v) is 4.94. The van der Waals surface area contributed by atoms with Crippen LogP contribution >= 0.6 is 23.1 Å². The molecule has 146 valence electrons. The van der Waals surface area contributed by atoms with Crippen LogP contribution in [-0.2, 0) is 4.79 Å². The van der Waals surface area contributed by atoms with Gasteiger partial charge in [-0.05, 0) is 17.7 Å². The Morgan fingerprint density at radius 1 is 1.07 bits per heavy atom. The number of carbonyl (C=O) groups is 1. The van der Waals surface area contributed by atoms with Crippen LogP contribution in [0.25, 0.3) is 27.0 Å². The minimum Gasteiger partial charge on any atom is -0.348 e. The number of aromatic nitrogens is 2. The molecule has 5 nitrogen and oxygen atoms in total. The Hall–Kier alpha value is -2.90. The number of thioether (sulfide) groups is 1. The van der Waals surface area contributed by atoms with Gasteiger partial charge in [0.25, 0.3) is 5.56 Å². The van der Waals surface area contributed by atoms with E-state index in [0.29, 0.717) is 15.4 Å². The van der Waals surface area contributed by atoms with Crippen molar-refractivity contribution in [3.8, 4) is 16.8 Å². The molecule has 0 atom stereocenters. The van der Waals surface area contributed by atoms with E-state index >= 15 is 0 Å². The highest BCUT2D eigenvalue weighted by atomic mass is 32.2. The molecule has 0 bridgehead atoms. The topological polar surface area (TPSA) is 55.2 Å². The molecule has 4 rings (SSSR count). The van der Waals surface area contributed by atoms with Crippen molar-refractivity contribution in [2.75, 3.05) is 19.8 Å². The van der Waals surface area contributed by atoms with Crippen LogP contribution in [0.1, 0.15) is 0 Å². The molecule has 0 saturated carbocycles. The molecule has 29 heavy (non-hydrogen) atoms. The first-order valence-electron chi connectivity index (χ1n) is 9.04. The van der Waals surface area contributed by atoms with Crippen molar-refractivity contribution in [1.82, 2.24) is 14.5 Å². The summed E-state index contributed by atoms with van der Waals surface area (Å²) in [5, 5.41) is 3.10. The first-order chi connectivity index (χ1) is 14.1. The molecule has 4 aromatic rings. The van der Waals surface area contributed by atoms with Crippen LogP contribution in [0.2, 0.25) is 0 Å². The molecule has 0 fully saturated rings. The summed E-state index contributed by atoms with van der Waals surface area (Å²) in [5.74, 6) is 0.189. The third-order valence-electron chi connectivity index (χ3n) is 4.50. The van der Waals surface area contributed by atoms with Crippen LogP contribution in [0.15, 0.2) is 76.0 Å². The Morgan fingerprint density at radius 3 is 2.38 bits per heavy atom. The number of nitrogens with zero attached hydrogens (tertiary/aromatic N) is 3. The molecule has 0 N–H and O–H groups in total. The highest BCUT2D eigenvalue weighted by Gasteiger charge is 2.19. The van der Waals surface area contributed by atoms with Gasteiger partial charge in [-0.25, -0.2) is 4.98 Å². The van der Waals surface area contributed by atoms with Gasteiger partial charge in [0.2, 0.25) is 5.91 Å². The van der Waals surface area contributed by atoms with Crippen LogP contribution in [0.3, 0.4) is 0 Å². The summed E-state index contributed by atoms with van der Waals surface area (Å²) in [6.07, 6.45) is 0. The van der Waals surface area contributed by atoms with Gasteiger partial charge in [-0.2, -0.15) is 0 Å². The standard InChI is InChI=1S/C22H19N3O2S2/c1-24(2)18(26)14-29-22-23-20-19(17(13-28-20)15-9-5-3-6-10-15)21(27)25(22)16-11-7-4-8-12-16/h3-13H,14H2,1-2H3. The normalized spacial score (nSPS) is 11.0. The number of thiophene rings is 1. The fraction of sp³-hybridized carbons (Fsp3) is 0.136. The van der Waals surface area contributed by atoms with Crippen LogP contribution in [0, 0.1) is 0 Å². The van der Waals surface area contributed by atoms with E-state index in [4.69, 9.17) is 4.98 Å². The van der Waals surface area contributed by atoms with Crippen molar-refractivity contribution in [2.45, 2.75) is 5.16 Å². The molecule has 0 aliphatic rings. The lowest BCUT2D eigenvalue weighted by Crippen LogP contribution is -2.25. The van der Waals surface area contributed by atoms with Crippen LogP contribution in [0.5, 0.6) is 0 Å². The maximum Gasteiger partial charge on any atom is 0.268 e. The molecule has 2 heterocycles. The molecular formula is C22H19N3O2S2. The Balaban J connectivity index is 1.91. The number of rotatable bonds is 5. The summed E-state index contributed by atoms with van der Waals surface area (Å²) in [7, 11) is 3.43. The molecule has 0 saturated heterocycles. The van der Waals surface area contributed by atoms with Gasteiger partial charge in [-0.1, -0.05) is 60.3 Å². The number of hydrogen-bond acceptors (Lipinski definition) is 5. The van der Waals surface area contributed by atoms with Gasteiger partial charge >= 0.3 is 0 Å². The van der Waals surface area contributed by atoms with Crippen LogP contribution in [0.4, 0.5) is 0 Å². The molecular weight excluding hydrogens is 402 g/mol. The van der Waals surface area contributed by atoms with Gasteiger partial charge in [0.05, 0.1) is 16.8 Å². The van der Waals surface area contributed by atoms with Crippen molar-refractivity contribution in [1.29, 1.82) is 0 Å². The zero-order valence-electron chi connectivity index (χ0n) is 16.0. The highest BCUT2D eigenvalue weighted by Crippen LogP contribution is 2.32. The summed E-state index contributed by atoms with van der Waals surface area (Å²) in [6.45, 7) is 0. The summed E-state index contributed by atoms with van der Waals surface area (Å²) in [5.41, 5.74) is 2.48. The fourth-order valence-electron chi connectivity index (χ4n) is 2.96. The summed E-state index contributed by atoms with van der Waals surface area (Å²) in [6, 6.07) is 19.3. The zero-order valence-corrected chi connectivity index (χ0v) is 17.7. The molecule has 2 aromatic heterocycles. The second kappa shape index (κ2) is 8.23. The van der Waals surface area contributed by atoms with E-state index in [1.54, 1.807) is 18.7 Å². The van der Waals surface area contributed by atoms with E-state index in [0.717, 1.165) is 16.8 Å². The number of fused-ring (bicyclic) bond motifs is 1. The van der Waals surface area contributed by atoms with Crippen molar-refractivity contribution in [2.24, 2.45) is 0 Å². The SMILES string of the molecule is CN(C)C(=O)CSc1nc2scc(-c3ccccc3)c2c(=O)n1-c1ccccc1. The van der Waals surface area contributed by atoms with E-state index in [9.17, 15) is 9.59 Å². The molecule has 1 amide bonds. The molecule has 0 unspecified atom stereocenters. The molecule has 0 radical (unpaired) electrons. The summed E-state index contributed by atoms with van der Waals surface area (Å²) >= 11 is 2.73. The number of hydrogen-bond donors (Lipinski definition) is 0. The first kappa shape index (κ1) is 19.4. The molecule has 0 aliphatic heterocycles. The Bertz CT molecular complexity index is 1220. The predicted molar refractivity (Wildman–Crippen MR) is 120 cm³/mol. The number of benzene rings is 2. The van der Waals surface area contributed by atoms with Crippen molar-refractivity contribution in [3.63, 3.8) is 0 Å². The van der Waals surface area contributed by atoms with Crippen molar-refractivity contribution in [3.05, 3.63) is 76.4 Å². The van der Waals surface area contributed by atoms with Gasteiger partial charge in [0.1, 0.15) is 4.83 Å². The average molecular weight is 422 g/mol. The maximum atomic E-state index is 13.6. The van der Waals surface area contributed by atoms with Crippen LogP contribution < -0.4 is 5.56 Å². The van der Waals surface area contributed by atoms with Gasteiger partial charge in [-0.15, -0.1) is 11.3 Å². The second-order valence-electron chi connectivity index (χ2n) is 6.64. The van der Waals surface area contributed by atoms with E-state index in [2.05, 4.69) is 0 Å². The van der Waals surface area contributed by atoms with Crippen molar-refractivity contribution >= 4 is 39.2 Å². The number of carbonyl (C=O) groups excluding carboxylic acids is 1. The van der Waals surface area contributed by atoms with E-state index in [1.165, 1.54) is 28.0 Å². The highest BCUT2D eigenvalue weighted by molar-refractivity contribution is 7.99. The van der Waals surface area contributed by atoms with Gasteiger partial charge in [-0.3, -0.25) is 14.2 Å². The third kappa shape index (κ3) is 3.83. The van der Waals surface area contributed by atoms with Gasteiger partial charge < -0.3 is 4.90 Å². The second-order valence-corrected chi connectivity index (χ2v) is 8.44. The monoisotopic (exact) mass is 421 g/mol. The molecule has 0 aliphatic carbocycles. The van der Waals surface area contributed by atoms with Gasteiger partial charge in [0.15, 0.2) is 5.16 Å². The quantitative estimate of drug-likeness (QED) is 0.356. The smallest absolute Gasteiger partial charge is 0.268 e. The summed E-state index contributed by atoms with van der Waals surface area (Å²) < 4.78 is 1.61. The number of para-hydroxylation sites is 1. The maximum absolute atomic E-state index is 13.6. The first-order valence-corrected chi connectivity index (χ1v) is 10.9. The van der Waals surface area contributed by atoms with E-state index in [1.807, 2.05) is 66.0 Å². The van der Waals surface area contributed by atoms with E-state index < -0.39 is 0 Å². The van der Waals surface area contributed by atoms with E-state index in [-0.39, 0.29) is 17.2 Å².